The van der Waals surface area contributed by atoms with Crippen molar-refractivity contribution in [2.45, 2.75) is 38.5 Å². The van der Waals surface area contributed by atoms with E-state index in [0.717, 1.165) is 11.3 Å². The van der Waals surface area contributed by atoms with Gasteiger partial charge in [-0.05, 0) is 19.9 Å². The number of ether oxygens (including phenoxy) is 1. The third-order valence-corrected chi connectivity index (χ3v) is 4.74. The lowest BCUT2D eigenvalue weighted by Crippen LogP contribution is -2.42. The summed E-state index contributed by atoms with van der Waals surface area (Å²) in [6.07, 6.45) is 3.49. The van der Waals surface area contributed by atoms with E-state index < -0.39 is 0 Å². The molecule has 4 rings (SSSR count). The van der Waals surface area contributed by atoms with E-state index in [4.69, 9.17) is 4.74 Å². The predicted octanol–water partition coefficient (Wildman–Crippen LogP) is 1.55. The second-order valence-electron chi connectivity index (χ2n) is 7.41. The van der Waals surface area contributed by atoms with E-state index in [2.05, 4.69) is 15.4 Å². The molecule has 1 atom stereocenters. The molecule has 8 nitrogen and oxygen atoms in total. The molecule has 3 heterocycles. The summed E-state index contributed by atoms with van der Waals surface area (Å²) in [5, 5.41) is 7.46. The van der Waals surface area contributed by atoms with Crippen LogP contribution in [0.3, 0.4) is 0 Å². The number of hydrogen-bond acceptors (Lipinski definition) is 5. The SMILES string of the molecule is Cn1ncc2c(=O)n(CC(=O)N[C@H]3CC(C)(C)Oc4ccccc43)cnc21. The Morgan fingerprint density at radius 1 is 1.37 bits per heavy atom. The molecule has 2 aromatic heterocycles. The number of para-hydroxylation sites is 1. The van der Waals surface area contributed by atoms with Gasteiger partial charge >= 0.3 is 0 Å². The maximum absolute atomic E-state index is 12.6. The highest BCUT2D eigenvalue weighted by molar-refractivity contribution is 5.77. The molecule has 1 amide bonds. The number of nitrogens with one attached hydrogen (secondary N) is 1. The van der Waals surface area contributed by atoms with Crippen LogP contribution in [-0.2, 0) is 18.4 Å². The fourth-order valence-electron chi connectivity index (χ4n) is 3.50. The van der Waals surface area contributed by atoms with Gasteiger partial charge in [0.05, 0.1) is 12.2 Å². The highest BCUT2D eigenvalue weighted by Gasteiger charge is 2.34. The molecule has 0 fully saturated rings. The minimum absolute atomic E-state index is 0.101. The molecule has 8 heteroatoms. The Kier molecular flexibility index (Phi) is 3.98. The van der Waals surface area contributed by atoms with Crippen molar-refractivity contribution in [1.29, 1.82) is 0 Å². The number of aryl methyl sites for hydroxylation is 1. The number of carbonyl (C=O) groups excluding carboxylic acids is 1. The van der Waals surface area contributed by atoms with E-state index in [0.29, 0.717) is 17.5 Å². The van der Waals surface area contributed by atoms with Gasteiger partial charge in [-0.1, -0.05) is 18.2 Å². The molecule has 1 aliphatic rings. The van der Waals surface area contributed by atoms with Gasteiger partial charge in [0.25, 0.3) is 5.56 Å². The van der Waals surface area contributed by atoms with E-state index in [9.17, 15) is 9.59 Å². The Labute approximate surface area is 155 Å². The summed E-state index contributed by atoms with van der Waals surface area (Å²) >= 11 is 0. The zero-order valence-corrected chi connectivity index (χ0v) is 15.5. The number of rotatable bonds is 3. The Hall–Kier alpha value is -3.16. The summed E-state index contributed by atoms with van der Waals surface area (Å²) in [6.45, 7) is 3.89. The van der Waals surface area contributed by atoms with Crippen molar-refractivity contribution in [2.75, 3.05) is 0 Å². The van der Waals surface area contributed by atoms with E-state index in [-0.39, 0.29) is 29.7 Å². The van der Waals surface area contributed by atoms with Crippen molar-refractivity contribution in [2.24, 2.45) is 7.05 Å². The summed E-state index contributed by atoms with van der Waals surface area (Å²) in [7, 11) is 1.72. The van der Waals surface area contributed by atoms with Crippen LogP contribution >= 0.6 is 0 Å². The number of hydrogen-bond donors (Lipinski definition) is 1. The van der Waals surface area contributed by atoms with Crippen molar-refractivity contribution >= 4 is 16.9 Å². The highest BCUT2D eigenvalue weighted by atomic mass is 16.5. The third kappa shape index (κ3) is 3.18. The molecule has 0 saturated heterocycles. The Balaban J connectivity index is 1.57. The van der Waals surface area contributed by atoms with Gasteiger partial charge in [0.2, 0.25) is 5.91 Å². The first kappa shape index (κ1) is 17.3. The first-order valence-electron chi connectivity index (χ1n) is 8.78. The number of aromatic nitrogens is 4. The van der Waals surface area contributed by atoms with Gasteiger partial charge in [-0.3, -0.25) is 18.8 Å². The standard InChI is InChI=1S/C19H21N5O3/c1-19(2)8-14(12-6-4-5-7-15(12)27-19)22-16(25)10-24-11-20-17-13(18(24)26)9-21-23(17)3/h4-7,9,11,14H,8,10H2,1-3H3,(H,22,25)/t14-/m0/s1. The fraction of sp³-hybridized carbons (Fsp3) is 0.368. The monoisotopic (exact) mass is 367 g/mol. The number of nitrogens with zero attached hydrogens (tertiary/aromatic N) is 4. The molecule has 140 valence electrons. The van der Waals surface area contributed by atoms with Crippen LogP contribution < -0.4 is 15.6 Å². The summed E-state index contributed by atoms with van der Waals surface area (Å²) in [5.41, 5.74) is 0.769. The number of benzene rings is 1. The summed E-state index contributed by atoms with van der Waals surface area (Å²) in [5.74, 6) is 0.523. The molecule has 1 aliphatic heterocycles. The van der Waals surface area contributed by atoms with Gasteiger partial charge in [0.15, 0.2) is 5.65 Å². The van der Waals surface area contributed by atoms with Crippen LogP contribution in [0.1, 0.15) is 31.9 Å². The lowest BCUT2D eigenvalue weighted by molar-refractivity contribution is -0.123. The highest BCUT2D eigenvalue weighted by Crippen LogP contribution is 2.39. The minimum Gasteiger partial charge on any atom is -0.487 e. The molecule has 0 bridgehead atoms. The van der Waals surface area contributed by atoms with Gasteiger partial charge < -0.3 is 10.1 Å². The van der Waals surface area contributed by atoms with Crippen LogP contribution in [0.15, 0.2) is 41.6 Å². The van der Waals surface area contributed by atoms with Gasteiger partial charge in [0, 0.05) is 19.0 Å². The second-order valence-corrected chi connectivity index (χ2v) is 7.41. The molecule has 0 unspecified atom stereocenters. The fourth-order valence-corrected chi connectivity index (χ4v) is 3.50. The van der Waals surface area contributed by atoms with E-state index in [1.54, 1.807) is 7.05 Å². The van der Waals surface area contributed by atoms with Gasteiger partial charge in [0.1, 0.15) is 29.6 Å². The van der Waals surface area contributed by atoms with Gasteiger partial charge in [-0.25, -0.2) is 4.98 Å². The van der Waals surface area contributed by atoms with Crippen molar-refractivity contribution < 1.29 is 9.53 Å². The molecule has 1 N–H and O–H groups in total. The van der Waals surface area contributed by atoms with Gasteiger partial charge in [-0.2, -0.15) is 5.10 Å². The van der Waals surface area contributed by atoms with Crippen LogP contribution in [0.4, 0.5) is 0 Å². The number of fused-ring (bicyclic) bond motifs is 2. The normalized spacial score (nSPS) is 18.0. The van der Waals surface area contributed by atoms with Crippen LogP contribution in [-0.4, -0.2) is 30.8 Å². The maximum Gasteiger partial charge on any atom is 0.264 e. The topological polar surface area (TPSA) is 91.0 Å². The molecule has 3 aromatic rings. The average molecular weight is 367 g/mol. The van der Waals surface area contributed by atoms with Crippen molar-refractivity contribution in [3.8, 4) is 5.75 Å². The maximum atomic E-state index is 12.6. The van der Waals surface area contributed by atoms with Crippen molar-refractivity contribution in [1.82, 2.24) is 24.6 Å². The molecule has 1 aromatic carbocycles. The van der Waals surface area contributed by atoms with Crippen LogP contribution in [0, 0.1) is 0 Å². The van der Waals surface area contributed by atoms with E-state index >= 15 is 0 Å². The molecule has 0 saturated carbocycles. The molecular weight excluding hydrogens is 346 g/mol. The zero-order valence-electron chi connectivity index (χ0n) is 15.5. The molecule has 0 spiro atoms. The number of carbonyl (C=O) groups is 1. The quantitative estimate of drug-likeness (QED) is 0.758. The molecular formula is C19H21N5O3. The molecule has 0 radical (unpaired) electrons. The van der Waals surface area contributed by atoms with Crippen molar-refractivity contribution in [3.05, 3.63) is 52.7 Å². The summed E-state index contributed by atoms with van der Waals surface area (Å²) in [4.78, 5) is 29.4. The average Bonchev–Trinajstić information content (AvgIpc) is 2.98. The third-order valence-electron chi connectivity index (χ3n) is 4.74. The van der Waals surface area contributed by atoms with E-state index in [1.165, 1.54) is 21.8 Å². The second kappa shape index (κ2) is 6.22. The minimum atomic E-state index is -0.390. The van der Waals surface area contributed by atoms with Crippen LogP contribution in [0.2, 0.25) is 0 Å². The van der Waals surface area contributed by atoms with Gasteiger partial charge in [-0.15, -0.1) is 0 Å². The Bertz CT molecular complexity index is 1080. The number of amides is 1. The van der Waals surface area contributed by atoms with Crippen LogP contribution in [0.5, 0.6) is 5.75 Å². The lowest BCUT2D eigenvalue weighted by Gasteiger charge is -2.37. The lowest BCUT2D eigenvalue weighted by atomic mass is 9.89. The van der Waals surface area contributed by atoms with E-state index in [1.807, 2.05) is 38.1 Å². The smallest absolute Gasteiger partial charge is 0.264 e. The Morgan fingerprint density at radius 2 is 2.15 bits per heavy atom. The first-order chi connectivity index (χ1) is 12.8. The zero-order chi connectivity index (χ0) is 19.2. The van der Waals surface area contributed by atoms with Crippen molar-refractivity contribution in [3.63, 3.8) is 0 Å². The Morgan fingerprint density at radius 3 is 2.96 bits per heavy atom. The predicted molar refractivity (Wildman–Crippen MR) is 99.4 cm³/mol. The molecule has 27 heavy (non-hydrogen) atoms. The van der Waals surface area contributed by atoms with Crippen LogP contribution in [0.25, 0.3) is 11.0 Å². The molecule has 0 aliphatic carbocycles. The summed E-state index contributed by atoms with van der Waals surface area (Å²) < 4.78 is 8.82. The largest absolute Gasteiger partial charge is 0.487 e. The first-order valence-corrected chi connectivity index (χ1v) is 8.78. The summed E-state index contributed by atoms with van der Waals surface area (Å²) in [6, 6.07) is 7.51.